The first kappa shape index (κ1) is 21.5. The number of aromatic nitrogens is 4. The van der Waals surface area contributed by atoms with E-state index in [1.807, 2.05) is 24.0 Å². The molecule has 0 saturated heterocycles. The van der Waals surface area contributed by atoms with E-state index < -0.39 is 0 Å². The zero-order valence-corrected chi connectivity index (χ0v) is 19.6. The number of nitrogens with zero attached hydrogens (tertiary/aromatic N) is 5. The minimum Gasteiger partial charge on any atom is -0.340 e. The Morgan fingerprint density at radius 3 is 2.84 bits per heavy atom. The van der Waals surface area contributed by atoms with Gasteiger partial charge in [0, 0.05) is 29.8 Å². The molecule has 1 aliphatic heterocycles. The molecule has 1 aromatic carbocycles. The molecule has 7 nitrogen and oxygen atoms in total. The molecular formula is C23H26ClN5O2S. The summed E-state index contributed by atoms with van der Waals surface area (Å²) in [5.74, 6) is 0.812. The average Bonchev–Trinajstić information content (AvgIpc) is 3.40. The number of thioether (sulfide) groups is 1. The van der Waals surface area contributed by atoms with Gasteiger partial charge in [-0.2, -0.15) is 5.10 Å². The minimum atomic E-state index is -0.181. The first-order valence-electron chi connectivity index (χ1n) is 11.2. The maximum absolute atomic E-state index is 13.4. The van der Waals surface area contributed by atoms with Gasteiger partial charge in [0.05, 0.1) is 17.9 Å². The predicted octanol–water partition coefficient (Wildman–Crippen LogP) is 4.45. The summed E-state index contributed by atoms with van der Waals surface area (Å²) in [6, 6.07) is 7.46. The molecule has 1 fully saturated rings. The molecule has 3 aromatic rings. The topological polar surface area (TPSA) is 73.0 Å². The number of carbonyl (C=O) groups is 1. The lowest BCUT2D eigenvalue weighted by Gasteiger charge is -2.34. The van der Waals surface area contributed by atoms with Gasteiger partial charge in [-0.25, -0.2) is 9.67 Å². The standard InChI is InChI=1S/C23H26ClN5O2S/c1-2-27(16-8-4-3-5-9-16)20(30)12-18-14-32-23-26-21-19(22(31)28(18)23)13-25-29(21)17-10-6-7-15(24)11-17/h6-7,10-11,13,16,18H,2-5,8-9,12,14H2,1H3. The second-order valence-electron chi connectivity index (χ2n) is 8.48. The van der Waals surface area contributed by atoms with Crippen LogP contribution in [0.25, 0.3) is 16.7 Å². The van der Waals surface area contributed by atoms with Crippen molar-refractivity contribution < 1.29 is 4.79 Å². The summed E-state index contributed by atoms with van der Waals surface area (Å²) >= 11 is 7.66. The molecule has 32 heavy (non-hydrogen) atoms. The number of amides is 1. The van der Waals surface area contributed by atoms with Crippen molar-refractivity contribution in [2.45, 2.75) is 62.7 Å². The molecule has 2 aliphatic rings. The van der Waals surface area contributed by atoms with E-state index in [9.17, 15) is 9.59 Å². The lowest BCUT2D eigenvalue weighted by molar-refractivity contribution is -0.134. The molecule has 168 valence electrons. The maximum atomic E-state index is 13.4. The Morgan fingerprint density at radius 1 is 1.28 bits per heavy atom. The van der Waals surface area contributed by atoms with Crippen LogP contribution in [-0.4, -0.2) is 48.5 Å². The van der Waals surface area contributed by atoms with Gasteiger partial charge in [0.1, 0.15) is 5.39 Å². The van der Waals surface area contributed by atoms with E-state index in [1.54, 1.807) is 27.6 Å². The van der Waals surface area contributed by atoms with Gasteiger partial charge < -0.3 is 4.90 Å². The van der Waals surface area contributed by atoms with Crippen molar-refractivity contribution in [3.63, 3.8) is 0 Å². The van der Waals surface area contributed by atoms with E-state index in [4.69, 9.17) is 16.6 Å². The van der Waals surface area contributed by atoms with Gasteiger partial charge in [-0.3, -0.25) is 14.2 Å². The Morgan fingerprint density at radius 2 is 2.09 bits per heavy atom. The van der Waals surface area contributed by atoms with Crippen molar-refractivity contribution >= 4 is 40.3 Å². The zero-order valence-electron chi connectivity index (χ0n) is 18.0. The van der Waals surface area contributed by atoms with E-state index in [0.29, 0.717) is 39.4 Å². The second-order valence-corrected chi connectivity index (χ2v) is 9.91. The maximum Gasteiger partial charge on any atom is 0.265 e. The Labute approximate surface area is 195 Å². The van der Waals surface area contributed by atoms with Gasteiger partial charge in [0.2, 0.25) is 5.91 Å². The highest BCUT2D eigenvalue weighted by Crippen LogP contribution is 2.34. The van der Waals surface area contributed by atoms with Crippen LogP contribution in [0.15, 0.2) is 40.4 Å². The number of benzene rings is 1. The SMILES string of the molecule is CCN(C(=O)CC1CSc2nc3c(cnn3-c3cccc(Cl)c3)c(=O)n21)C1CCCCC1. The van der Waals surface area contributed by atoms with Crippen LogP contribution in [0.5, 0.6) is 0 Å². The number of halogens is 1. The minimum absolute atomic E-state index is 0.137. The molecule has 0 bridgehead atoms. The van der Waals surface area contributed by atoms with Crippen LogP contribution in [0.4, 0.5) is 0 Å². The first-order valence-corrected chi connectivity index (χ1v) is 12.6. The quantitative estimate of drug-likeness (QED) is 0.514. The summed E-state index contributed by atoms with van der Waals surface area (Å²) in [7, 11) is 0. The molecular weight excluding hydrogens is 446 g/mol. The van der Waals surface area contributed by atoms with Gasteiger partial charge in [0.15, 0.2) is 10.8 Å². The second kappa shape index (κ2) is 8.90. The van der Waals surface area contributed by atoms with Crippen molar-refractivity contribution in [1.29, 1.82) is 0 Å². The molecule has 0 N–H and O–H groups in total. The monoisotopic (exact) mass is 471 g/mol. The van der Waals surface area contributed by atoms with Gasteiger partial charge in [-0.15, -0.1) is 0 Å². The summed E-state index contributed by atoms with van der Waals surface area (Å²) in [4.78, 5) is 33.3. The number of rotatable bonds is 5. The summed E-state index contributed by atoms with van der Waals surface area (Å²) in [6.45, 7) is 2.76. The molecule has 0 spiro atoms. The Balaban J connectivity index is 1.44. The van der Waals surface area contributed by atoms with Gasteiger partial charge in [-0.1, -0.05) is 48.7 Å². The molecule has 0 radical (unpaired) electrons. The molecule has 1 saturated carbocycles. The van der Waals surface area contributed by atoms with Crippen molar-refractivity contribution in [2.75, 3.05) is 12.3 Å². The molecule has 1 aliphatic carbocycles. The van der Waals surface area contributed by atoms with Crippen LogP contribution >= 0.6 is 23.4 Å². The average molecular weight is 472 g/mol. The normalized spacial score (nSPS) is 18.8. The molecule has 1 amide bonds. The lowest BCUT2D eigenvalue weighted by atomic mass is 9.94. The number of hydrogen-bond donors (Lipinski definition) is 0. The third-order valence-corrected chi connectivity index (χ3v) is 7.84. The highest BCUT2D eigenvalue weighted by atomic mass is 35.5. The van der Waals surface area contributed by atoms with E-state index >= 15 is 0 Å². The third-order valence-electron chi connectivity index (χ3n) is 6.51. The fraction of sp³-hybridized carbons (Fsp3) is 0.478. The molecule has 1 unspecified atom stereocenters. The number of fused-ring (bicyclic) bond motifs is 2. The zero-order chi connectivity index (χ0) is 22.2. The fourth-order valence-corrected chi connectivity index (χ4v) is 6.24. The van der Waals surface area contributed by atoms with Crippen LogP contribution in [0, 0.1) is 0 Å². The number of hydrogen-bond acceptors (Lipinski definition) is 5. The number of carbonyl (C=O) groups excluding carboxylic acids is 1. The molecule has 5 rings (SSSR count). The van der Waals surface area contributed by atoms with Crippen molar-refractivity contribution in [3.05, 3.63) is 45.8 Å². The molecule has 3 heterocycles. The highest BCUT2D eigenvalue weighted by molar-refractivity contribution is 7.99. The first-order chi connectivity index (χ1) is 15.6. The lowest BCUT2D eigenvalue weighted by Crippen LogP contribution is -2.42. The van der Waals surface area contributed by atoms with Crippen LogP contribution < -0.4 is 5.56 Å². The van der Waals surface area contributed by atoms with Gasteiger partial charge in [0.25, 0.3) is 5.56 Å². The van der Waals surface area contributed by atoms with Crippen molar-refractivity contribution in [1.82, 2.24) is 24.2 Å². The third kappa shape index (κ3) is 3.83. The summed E-state index contributed by atoms with van der Waals surface area (Å²) in [5, 5.41) is 6.08. The van der Waals surface area contributed by atoms with E-state index in [0.717, 1.165) is 25.1 Å². The van der Waals surface area contributed by atoms with E-state index in [2.05, 4.69) is 5.10 Å². The largest absolute Gasteiger partial charge is 0.340 e. The van der Waals surface area contributed by atoms with Crippen LogP contribution in [-0.2, 0) is 4.79 Å². The van der Waals surface area contributed by atoms with Gasteiger partial charge >= 0.3 is 0 Å². The van der Waals surface area contributed by atoms with E-state index in [1.165, 1.54) is 31.0 Å². The van der Waals surface area contributed by atoms with Crippen molar-refractivity contribution in [2.24, 2.45) is 0 Å². The predicted molar refractivity (Wildman–Crippen MR) is 127 cm³/mol. The Hall–Kier alpha value is -2.32. The van der Waals surface area contributed by atoms with Gasteiger partial charge in [-0.05, 0) is 38.0 Å². The highest BCUT2D eigenvalue weighted by Gasteiger charge is 2.32. The summed E-state index contributed by atoms with van der Waals surface area (Å²) in [6.07, 6.45) is 7.69. The van der Waals surface area contributed by atoms with Crippen LogP contribution in [0.3, 0.4) is 0 Å². The summed E-state index contributed by atoms with van der Waals surface area (Å²) < 4.78 is 3.34. The molecule has 1 atom stereocenters. The van der Waals surface area contributed by atoms with Crippen LogP contribution in [0.2, 0.25) is 5.02 Å². The Kier molecular flexibility index (Phi) is 5.99. The van der Waals surface area contributed by atoms with E-state index in [-0.39, 0.29) is 17.5 Å². The van der Waals surface area contributed by atoms with Crippen LogP contribution in [0.1, 0.15) is 51.5 Å². The van der Waals surface area contributed by atoms with Crippen molar-refractivity contribution in [3.8, 4) is 5.69 Å². The molecule has 9 heteroatoms. The smallest absolute Gasteiger partial charge is 0.265 e. The fourth-order valence-electron chi connectivity index (χ4n) is 4.93. The summed E-state index contributed by atoms with van der Waals surface area (Å²) in [5.41, 5.74) is 1.13. The molecule has 2 aromatic heterocycles. The Bertz CT molecular complexity index is 1220.